The molecule has 0 radical (unpaired) electrons. The quantitative estimate of drug-likeness (QED) is 0.244. The molecular formula is C25H29Cl2N3O8. The van der Waals surface area contributed by atoms with E-state index in [2.05, 4.69) is 21.3 Å². The summed E-state index contributed by atoms with van der Waals surface area (Å²) in [4.78, 5) is 51.3. The number of hydrogen-bond donors (Lipinski definition) is 3. The molecule has 206 valence electrons. The summed E-state index contributed by atoms with van der Waals surface area (Å²) in [5.74, 6) is -1.16. The molecule has 0 bridgehead atoms. The maximum absolute atomic E-state index is 12.7. The van der Waals surface area contributed by atoms with E-state index in [-0.39, 0.29) is 45.0 Å². The van der Waals surface area contributed by atoms with Crippen molar-refractivity contribution >= 4 is 46.5 Å². The first-order valence-corrected chi connectivity index (χ1v) is 11.9. The number of hydrogen-bond acceptors (Lipinski definition) is 8. The van der Waals surface area contributed by atoms with Crippen LogP contribution in [0.15, 0.2) is 30.3 Å². The van der Waals surface area contributed by atoms with Crippen LogP contribution in [-0.2, 0) is 19.3 Å². The van der Waals surface area contributed by atoms with Crippen molar-refractivity contribution in [1.82, 2.24) is 16.4 Å². The molecule has 0 aliphatic heterocycles. The predicted octanol–water partition coefficient (Wildman–Crippen LogP) is 3.87. The van der Waals surface area contributed by atoms with Gasteiger partial charge in [0.05, 0.1) is 56.7 Å². The summed E-state index contributed by atoms with van der Waals surface area (Å²) in [6.45, 7) is 0. The molecule has 38 heavy (non-hydrogen) atoms. The van der Waals surface area contributed by atoms with E-state index in [0.29, 0.717) is 29.5 Å². The van der Waals surface area contributed by atoms with Crippen LogP contribution in [0.2, 0.25) is 10.0 Å². The zero-order chi connectivity index (χ0) is 28.2. The number of methoxy groups -OCH3 is 2. The van der Waals surface area contributed by atoms with E-state index < -0.39 is 11.8 Å². The third-order valence-electron chi connectivity index (χ3n) is 5.17. The number of rotatable bonds is 13. The lowest BCUT2D eigenvalue weighted by Crippen LogP contribution is -2.23. The summed E-state index contributed by atoms with van der Waals surface area (Å²) in [7, 11) is 6.72. The number of hydroxylamine groups is 3. The molecule has 2 aromatic carbocycles. The smallest absolute Gasteiger partial charge is 0.278 e. The fraction of sp³-hybridized carbons (Fsp3) is 0.320. The third-order valence-corrected chi connectivity index (χ3v) is 5.73. The molecule has 0 atom stereocenters. The molecule has 11 nitrogen and oxygen atoms in total. The molecule has 0 aromatic heterocycles. The second-order valence-corrected chi connectivity index (χ2v) is 8.40. The second kappa shape index (κ2) is 15.2. The highest BCUT2D eigenvalue weighted by molar-refractivity contribution is 6.33. The Morgan fingerprint density at radius 2 is 1.18 bits per heavy atom. The van der Waals surface area contributed by atoms with E-state index in [1.165, 1.54) is 35.5 Å². The van der Waals surface area contributed by atoms with Gasteiger partial charge in [-0.3, -0.25) is 28.9 Å². The molecule has 2 rings (SSSR count). The van der Waals surface area contributed by atoms with Crippen LogP contribution in [0.4, 0.5) is 0 Å². The van der Waals surface area contributed by atoms with Crippen molar-refractivity contribution < 1.29 is 38.4 Å². The Bertz CT molecular complexity index is 1130. The van der Waals surface area contributed by atoms with Crippen molar-refractivity contribution in [2.75, 3.05) is 35.5 Å². The Morgan fingerprint density at radius 3 is 1.58 bits per heavy atom. The van der Waals surface area contributed by atoms with Crippen LogP contribution in [-0.4, -0.2) is 53.3 Å². The maximum atomic E-state index is 12.7. The average molecular weight is 570 g/mol. The van der Waals surface area contributed by atoms with Crippen molar-refractivity contribution in [1.29, 1.82) is 0 Å². The number of ether oxygens (including phenoxy) is 2. The first-order valence-electron chi connectivity index (χ1n) is 11.2. The highest BCUT2D eigenvalue weighted by Gasteiger charge is 2.22. The lowest BCUT2D eigenvalue weighted by atomic mass is 9.93. The molecule has 0 heterocycles. The van der Waals surface area contributed by atoms with Gasteiger partial charge in [-0.1, -0.05) is 29.3 Å². The summed E-state index contributed by atoms with van der Waals surface area (Å²) in [5, 5.41) is 0.321. The average Bonchev–Trinajstić information content (AvgIpc) is 2.88. The Labute approximate surface area is 230 Å². The van der Waals surface area contributed by atoms with E-state index in [1.807, 2.05) is 6.08 Å². The normalized spacial score (nSPS) is 10.4. The van der Waals surface area contributed by atoms with E-state index >= 15 is 0 Å². The fourth-order valence-electron chi connectivity index (χ4n) is 3.62. The lowest BCUT2D eigenvalue weighted by Gasteiger charge is -2.17. The molecule has 0 aliphatic rings. The predicted molar refractivity (Wildman–Crippen MR) is 141 cm³/mol. The summed E-state index contributed by atoms with van der Waals surface area (Å²) in [6, 6.07) is 6.35. The molecule has 0 fully saturated rings. The largest absolute Gasteiger partial charge is 0.494 e. The number of nitrogens with one attached hydrogen (secondary N) is 3. The van der Waals surface area contributed by atoms with Gasteiger partial charge >= 0.3 is 0 Å². The second-order valence-electron chi connectivity index (χ2n) is 7.59. The molecule has 13 heteroatoms. The standard InChI is InChI=1S/C25H29Cl2N3O8/c1-34-22-17(24(32)29-37-4)10-14(12-19(22)26)16(8-6-7-9-21(31)28-36-3)15-11-18(25(33)30-38-5)23(35-2)20(27)13-15/h8,10-13H,6-7,9H2,1-5H3,(H,28,31)(H,29,32)(H,30,33). The van der Waals surface area contributed by atoms with Gasteiger partial charge in [0.15, 0.2) is 0 Å². The molecule has 0 saturated heterocycles. The molecule has 2 aromatic rings. The molecule has 0 unspecified atom stereocenters. The van der Waals surface area contributed by atoms with Crippen LogP contribution in [0.25, 0.3) is 5.57 Å². The van der Waals surface area contributed by atoms with Crippen molar-refractivity contribution in [3.05, 3.63) is 62.6 Å². The molecule has 0 saturated carbocycles. The zero-order valence-corrected chi connectivity index (χ0v) is 23.0. The number of amides is 3. The molecular weight excluding hydrogens is 541 g/mol. The maximum Gasteiger partial charge on any atom is 0.278 e. The van der Waals surface area contributed by atoms with Gasteiger partial charge in [0.1, 0.15) is 11.5 Å². The first-order chi connectivity index (χ1) is 18.2. The van der Waals surface area contributed by atoms with Gasteiger partial charge in [-0.15, -0.1) is 0 Å². The van der Waals surface area contributed by atoms with E-state index in [1.54, 1.807) is 24.3 Å². The lowest BCUT2D eigenvalue weighted by molar-refractivity contribution is -0.131. The van der Waals surface area contributed by atoms with Crippen LogP contribution >= 0.6 is 23.2 Å². The highest BCUT2D eigenvalue weighted by atomic mass is 35.5. The minimum absolute atomic E-state index is 0.110. The number of halogens is 2. The number of carbonyl (C=O) groups excluding carboxylic acids is 3. The molecule has 3 amide bonds. The Balaban J connectivity index is 2.70. The van der Waals surface area contributed by atoms with Gasteiger partial charge in [0, 0.05) is 6.42 Å². The molecule has 0 aliphatic carbocycles. The van der Waals surface area contributed by atoms with Gasteiger partial charge in [0.2, 0.25) is 5.91 Å². The summed E-state index contributed by atoms with van der Waals surface area (Å²) in [5.41, 5.74) is 8.59. The third kappa shape index (κ3) is 7.83. The first kappa shape index (κ1) is 30.9. The van der Waals surface area contributed by atoms with Crippen LogP contribution < -0.4 is 25.9 Å². The van der Waals surface area contributed by atoms with Crippen molar-refractivity contribution in [2.45, 2.75) is 19.3 Å². The van der Waals surface area contributed by atoms with Crippen molar-refractivity contribution in [2.24, 2.45) is 0 Å². The van der Waals surface area contributed by atoms with Gasteiger partial charge in [0.25, 0.3) is 11.8 Å². The van der Waals surface area contributed by atoms with E-state index in [0.717, 1.165) is 0 Å². The van der Waals surface area contributed by atoms with Gasteiger partial charge in [-0.05, 0) is 53.8 Å². The number of carbonyl (C=O) groups is 3. The topological polar surface area (TPSA) is 133 Å². The van der Waals surface area contributed by atoms with Gasteiger partial charge < -0.3 is 9.47 Å². The minimum atomic E-state index is -0.586. The highest BCUT2D eigenvalue weighted by Crippen LogP contribution is 2.38. The summed E-state index contributed by atoms with van der Waals surface area (Å²) >= 11 is 13.0. The van der Waals surface area contributed by atoms with Gasteiger partial charge in [-0.2, -0.15) is 0 Å². The van der Waals surface area contributed by atoms with Crippen LogP contribution in [0.1, 0.15) is 51.1 Å². The Hall–Kier alpha value is -3.35. The molecule has 3 N–H and O–H groups in total. The Kier molecular flexibility index (Phi) is 12.3. The Morgan fingerprint density at radius 1 is 0.737 bits per heavy atom. The monoisotopic (exact) mass is 569 g/mol. The van der Waals surface area contributed by atoms with Crippen molar-refractivity contribution in [3.63, 3.8) is 0 Å². The summed E-state index contributed by atoms with van der Waals surface area (Å²) in [6.07, 6.45) is 2.96. The van der Waals surface area contributed by atoms with Crippen LogP contribution in [0.5, 0.6) is 11.5 Å². The SMILES string of the molecule is CONC(=O)CCCC=C(c1cc(Cl)c(OC)c(C(=O)NOC)c1)c1cc(Cl)c(OC)c(C(=O)NOC)c1. The summed E-state index contributed by atoms with van der Waals surface area (Å²) < 4.78 is 10.7. The zero-order valence-electron chi connectivity index (χ0n) is 21.5. The van der Waals surface area contributed by atoms with Gasteiger partial charge in [-0.25, -0.2) is 16.4 Å². The minimum Gasteiger partial charge on any atom is -0.494 e. The molecule has 0 spiro atoms. The van der Waals surface area contributed by atoms with Crippen LogP contribution in [0.3, 0.4) is 0 Å². The number of unbranched alkanes of at least 4 members (excludes halogenated alkanes) is 1. The van der Waals surface area contributed by atoms with Crippen molar-refractivity contribution in [3.8, 4) is 11.5 Å². The van der Waals surface area contributed by atoms with E-state index in [9.17, 15) is 14.4 Å². The number of benzene rings is 2. The fourth-order valence-corrected chi connectivity index (χ4v) is 4.21. The van der Waals surface area contributed by atoms with Crippen LogP contribution in [0, 0.1) is 0 Å². The number of allylic oxidation sites excluding steroid dienone is 1. The van der Waals surface area contributed by atoms with E-state index in [4.69, 9.17) is 42.4 Å².